The summed E-state index contributed by atoms with van der Waals surface area (Å²) in [4.78, 5) is 0. The molecule has 0 saturated heterocycles. The molecule has 0 radical (unpaired) electrons. The van der Waals surface area contributed by atoms with E-state index in [1.165, 1.54) is 24.8 Å². The van der Waals surface area contributed by atoms with Crippen LogP contribution in [0.5, 0.6) is 0 Å². The van der Waals surface area contributed by atoms with Gasteiger partial charge in [0.05, 0.1) is 0 Å². The number of rotatable bonds is 0. The lowest BCUT2D eigenvalue weighted by Crippen LogP contribution is -1.93. The zero-order valence-corrected chi connectivity index (χ0v) is 6.93. The molecule has 0 N–H and O–H groups in total. The predicted molar refractivity (Wildman–Crippen MR) is 45.9 cm³/mol. The van der Waals surface area contributed by atoms with Crippen molar-refractivity contribution in [2.75, 3.05) is 0 Å². The fourth-order valence-corrected chi connectivity index (χ4v) is 1.27. The van der Waals surface area contributed by atoms with E-state index in [1.807, 2.05) is 0 Å². The zero-order chi connectivity index (χ0) is 7.40. The topological polar surface area (TPSA) is 0 Å². The Morgan fingerprint density at radius 1 is 1.50 bits per heavy atom. The summed E-state index contributed by atoms with van der Waals surface area (Å²) in [5.41, 5.74) is 1.42. The molecule has 0 spiro atoms. The van der Waals surface area contributed by atoms with E-state index in [0.29, 0.717) is 0 Å². The maximum atomic E-state index is 2.33. The second kappa shape index (κ2) is 3.60. The molecule has 56 valence electrons. The average Bonchev–Trinajstić information content (AvgIpc) is 1.84. The second-order valence-corrected chi connectivity index (χ2v) is 3.27. The van der Waals surface area contributed by atoms with Crippen molar-refractivity contribution >= 4 is 0 Å². The number of hydrogen-bond acceptors (Lipinski definition) is 0. The lowest BCUT2D eigenvalue weighted by molar-refractivity contribution is 0.543. The highest BCUT2D eigenvalue weighted by Gasteiger charge is 1.99. The molecule has 0 heteroatoms. The van der Waals surface area contributed by atoms with Gasteiger partial charge in [0.15, 0.2) is 0 Å². The minimum absolute atomic E-state index is 0.876. The van der Waals surface area contributed by atoms with Crippen molar-refractivity contribution in [2.45, 2.75) is 33.1 Å². The highest BCUT2D eigenvalue weighted by Crippen LogP contribution is 2.15. The standard InChI is InChI=1S/C10H16/c1-9-5-3-7-10(2)8-4-6-9/h3,5-6,10H,4,7-8H2,1-2H3. The van der Waals surface area contributed by atoms with Gasteiger partial charge in [-0.25, -0.2) is 0 Å². The maximum absolute atomic E-state index is 2.33. The normalized spacial score (nSPS) is 27.0. The van der Waals surface area contributed by atoms with Crippen molar-refractivity contribution in [3.8, 4) is 0 Å². The van der Waals surface area contributed by atoms with Gasteiger partial charge < -0.3 is 0 Å². The first-order chi connectivity index (χ1) is 4.79. The quantitative estimate of drug-likeness (QED) is 0.479. The Bertz CT molecular complexity index is 151. The van der Waals surface area contributed by atoms with E-state index >= 15 is 0 Å². The van der Waals surface area contributed by atoms with Crippen LogP contribution in [0.25, 0.3) is 0 Å². The third-order valence-electron chi connectivity index (χ3n) is 2.04. The molecule has 0 saturated carbocycles. The fourth-order valence-electron chi connectivity index (χ4n) is 1.27. The van der Waals surface area contributed by atoms with Gasteiger partial charge in [-0.1, -0.05) is 30.7 Å². The largest absolute Gasteiger partial charge is 0.0840 e. The van der Waals surface area contributed by atoms with E-state index in [4.69, 9.17) is 0 Å². The molecule has 0 aromatic carbocycles. The molecule has 1 unspecified atom stereocenters. The van der Waals surface area contributed by atoms with Gasteiger partial charge in [0.1, 0.15) is 0 Å². The van der Waals surface area contributed by atoms with Gasteiger partial charge >= 0.3 is 0 Å². The van der Waals surface area contributed by atoms with E-state index in [9.17, 15) is 0 Å². The summed E-state index contributed by atoms with van der Waals surface area (Å²) in [6.07, 6.45) is 10.7. The molecule has 1 rings (SSSR count). The molecule has 0 aromatic heterocycles. The fraction of sp³-hybridized carbons (Fsp3) is 0.600. The third-order valence-corrected chi connectivity index (χ3v) is 2.04. The van der Waals surface area contributed by atoms with E-state index in [2.05, 4.69) is 32.1 Å². The van der Waals surface area contributed by atoms with Crippen LogP contribution < -0.4 is 0 Å². The van der Waals surface area contributed by atoms with Crippen molar-refractivity contribution in [2.24, 2.45) is 5.92 Å². The Balaban J connectivity index is 2.51. The molecule has 1 atom stereocenters. The number of hydrogen-bond donors (Lipinski definition) is 0. The van der Waals surface area contributed by atoms with E-state index < -0.39 is 0 Å². The van der Waals surface area contributed by atoms with E-state index in [0.717, 1.165) is 5.92 Å². The molecule has 1 aliphatic rings. The van der Waals surface area contributed by atoms with Crippen molar-refractivity contribution in [1.29, 1.82) is 0 Å². The van der Waals surface area contributed by atoms with Crippen LogP contribution in [0.1, 0.15) is 33.1 Å². The van der Waals surface area contributed by atoms with Crippen LogP contribution in [0.4, 0.5) is 0 Å². The van der Waals surface area contributed by atoms with Crippen molar-refractivity contribution < 1.29 is 0 Å². The summed E-state index contributed by atoms with van der Waals surface area (Å²) in [6, 6.07) is 0. The van der Waals surface area contributed by atoms with Crippen LogP contribution in [0, 0.1) is 5.92 Å². The highest BCUT2D eigenvalue weighted by atomic mass is 14.1. The van der Waals surface area contributed by atoms with Gasteiger partial charge in [0, 0.05) is 0 Å². The average molecular weight is 136 g/mol. The summed E-state index contributed by atoms with van der Waals surface area (Å²) < 4.78 is 0. The van der Waals surface area contributed by atoms with Crippen LogP contribution in [-0.2, 0) is 0 Å². The van der Waals surface area contributed by atoms with Crippen LogP contribution in [0.15, 0.2) is 23.8 Å². The summed E-state index contributed by atoms with van der Waals surface area (Å²) in [7, 11) is 0. The molecule has 0 fully saturated rings. The molecular weight excluding hydrogens is 120 g/mol. The highest BCUT2D eigenvalue weighted by molar-refractivity contribution is 5.16. The minimum atomic E-state index is 0.876. The molecule has 0 aliphatic heterocycles. The van der Waals surface area contributed by atoms with Crippen LogP contribution >= 0.6 is 0 Å². The Morgan fingerprint density at radius 3 is 3.10 bits per heavy atom. The molecular formula is C10H16. The van der Waals surface area contributed by atoms with Gasteiger partial charge in [0.2, 0.25) is 0 Å². The summed E-state index contributed by atoms with van der Waals surface area (Å²) in [6.45, 7) is 4.49. The first-order valence-electron chi connectivity index (χ1n) is 4.12. The number of allylic oxidation sites excluding steroid dienone is 4. The SMILES string of the molecule is CC1=CCCC(C)CC=C1. The van der Waals surface area contributed by atoms with E-state index in [-0.39, 0.29) is 0 Å². The van der Waals surface area contributed by atoms with Gasteiger partial charge in [-0.3, -0.25) is 0 Å². The summed E-state index contributed by atoms with van der Waals surface area (Å²) in [5.74, 6) is 0.876. The Morgan fingerprint density at radius 2 is 2.30 bits per heavy atom. The van der Waals surface area contributed by atoms with Crippen molar-refractivity contribution in [3.05, 3.63) is 23.8 Å². The molecule has 0 heterocycles. The van der Waals surface area contributed by atoms with Gasteiger partial charge in [0.25, 0.3) is 0 Å². The smallest absolute Gasteiger partial charge is 0.0322 e. The zero-order valence-electron chi connectivity index (χ0n) is 6.93. The monoisotopic (exact) mass is 136 g/mol. The summed E-state index contributed by atoms with van der Waals surface area (Å²) in [5, 5.41) is 0. The van der Waals surface area contributed by atoms with Crippen LogP contribution in [-0.4, -0.2) is 0 Å². The first-order valence-corrected chi connectivity index (χ1v) is 4.12. The lowest BCUT2D eigenvalue weighted by Gasteiger charge is -2.08. The first kappa shape index (κ1) is 7.59. The van der Waals surface area contributed by atoms with Crippen LogP contribution in [0.3, 0.4) is 0 Å². The van der Waals surface area contributed by atoms with Gasteiger partial charge in [-0.05, 0) is 32.1 Å². The third kappa shape index (κ3) is 2.38. The molecule has 0 amide bonds. The second-order valence-electron chi connectivity index (χ2n) is 3.27. The predicted octanol–water partition coefficient (Wildman–Crippen LogP) is 3.31. The van der Waals surface area contributed by atoms with E-state index in [1.54, 1.807) is 0 Å². The Kier molecular flexibility index (Phi) is 2.73. The molecule has 1 aliphatic carbocycles. The van der Waals surface area contributed by atoms with Gasteiger partial charge in [-0.15, -0.1) is 0 Å². The van der Waals surface area contributed by atoms with Gasteiger partial charge in [-0.2, -0.15) is 0 Å². The molecule has 0 bridgehead atoms. The minimum Gasteiger partial charge on any atom is -0.0840 e. The van der Waals surface area contributed by atoms with Crippen molar-refractivity contribution in [3.63, 3.8) is 0 Å². The Labute approximate surface area is 63.6 Å². The maximum Gasteiger partial charge on any atom is -0.0322 e. The Hall–Kier alpha value is -0.520. The van der Waals surface area contributed by atoms with Crippen LogP contribution in [0.2, 0.25) is 0 Å². The van der Waals surface area contributed by atoms with Crippen molar-refractivity contribution in [1.82, 2.24) is 0 Å². The summed E-state index contributed by atoms with van der Waals surface area (Å²) >= 11 is 0. The lowest BCUT2D eigenvalue weighted by atomic mass is 9.98. The molecule has 0 nitrogen and oxygen atoms in total. The molecule has 0 aromatic rings. The molecule has 10 heavy (non-hydrogen) atoms.